The van der Waals surface area contributed by atoms with Crippen LogP contribution in [0.3, 0.4) is 0 Å². The van der Waals surface area contributed by atoms with Crippen LogP contribution in [0, 0.1) is 11.7 Å². The Hall–Kier alpha value is -2.09. The first-order valence-corrected chi connectivity index (χ1v) is 10.5. The van der Waals surface area contributed by atoms with Crippen molar-refractivity contribution < 1.29 is 24.0 Å². The zero-order valence-corrected chi connectivity index (χ0v) is 17.2. The highest BCUT2D eigenvalue weighted by Crippen LogP contribution is 2.27. The van der Waals surface area contributed by atoms with E-state index in [-0.39, 0.29) is 18.0 Å². The number of unbranched alkanes of at least 4 members (excludes halogenated alkanes) is 1. The predicted octanol–water partition coefficient (Wildman–Crippen LogP) is 2.58. The van der Waals surface area contributed by atoms with E-state index < -0.39 is 7.12 Å². The summed E-state index contributed by atoms with van der Waals surface area (Å²) in [5.41, 5.74) is 7.55. The van der Waals surface area contributed by atoms with Gasteiger partial charge in [0.1, 0.15) is 5.82 Å². The molecule has 0 bridgehead atoms. The Kier molecular flexibility index (Phi) is 10.1. The molecule has 1 unspecified atom stereocenters. The van der Waals surface area contributed by atoms with Gasteiger partial charge in [-0.2, -0.15) is 9.59 Å². The zero-order valence-electron chi connectivity index (χ0n) is 17.2. The van der Waals surface area contributed by atoms with Gasteiger partial charge in [0, 0.05) is 18.0 Å². The standard InChI is InChI=1S/C21H30BFN2O2.CO2/c23-20-9-8-17(18-5-1-2-6-19(18)20)15-25-13-10-16(11-14-25)21(24)7-3-4-12-22(26)27;2-1-3/h1-2,5-6,8-9,16,21,26-27H,3-4,7,10-15,24H2;. The molecule has 1 atom stereocenters. The molecule has 0 amide bonds. The molecule has 0 radical (unpaired) electrons. The highest BCUT2D eigenvalue weighted by Gasteiger charge is 2.24. The van der Waals surface area contributed by atoms with Crippen LogP contribution in [-0.2, 0) is 16.1 Å². The second-order valence-electron chi connectivity index (χ2n) is 7.88. The van der Waals surface area contributed by atoms with E-state index in [2.05, 4.69) is 4.90 Å². The second kappa shape index (κ2) is 12.6. The van der Waals surface area contributed by atoms with E-state index in [0.717, 1.165) is 57.1 Å². The third kappa shape index (κ3) is 7.31. The van der Waals surface area contributed by atoms with Gasteiger partial charge in [0.2, 0.25) is 0 Å². The third-order valence-electron chi connectivity index (χ3n) is 5.84. The van der Waals surface area contributed by atoms with Gasteiger partial charge in [-0.3, -0.25) is 4.90 Å². The second-order valence-corrected chi connectivity index (χ2v) is 7.88. The SMILES string of the molecule is NC(CCCCB(O)O)C1CCN(Cc2ccc(F)c3ccccc23)CC1.O=C=O. The maximum absolute atomic E-state index is 14.0. The maximum atomic E-state index is 14.0. The summed E-state index contributed by atoms with van der Waals surface area (Å²) in [4.78, 5) is 18.7. The van der Waals surface area contributed by atoms with Crippen molar-refractivity contribution in [3.05, 3.63) is 47.8 Å². The lowest BCUT2D eigenvalue weighted by Gasteiger charge is -2.35. The highest BCUT2D eigenvalue weighted by atomic mass is 19.1. The van der Waals surface area contributed by atoms with Crippen LogP contribution >= 0.6 is 0 Å². The number of fused-ring (bicyclic) bond motifs is 1. The van der Waals surface area contributed by atoms with Gasteiger partial charge in [0.05, 0.1) is 0 Å². The number of hydrogen-bond acceptors (Lipinski definition) is 6. The van der Waals surface area contributed by atoms with Crippen LogP contribution in [0.2, 0.25) is 6.32 Å². The first-order chi connectivity index (χ1) is 14.5. The molecule has 0 aliphatic carbocycles. The quantitative estimate of drug-likeness (QED) is 0.452. The lowest BCUT2D eigenvalue weighted by molar-refractivity contribution is -0.191. The highest BCUT2D eigenvalue weighted by molar-refractivity contribution is 6.40. The van der Waals surface area contributed by atoms with E-state index >= 15 is 0 Å². The van der Waals surface area contributed by atoms with Gasteiger partial charge in [0.15, 0.2) is 0 Å². The van der Waals surface area contributed by atoms with Gasteiger partial charge in [-0.1, -0.05) is 43.2 Å². The maximum Gasteiger partial charge on any atom is 0.451 e. The average molecular weight is 416 g/mol. The molecular weight excluding hydrogens is 386 g/mol. The van der Waals surface area contributed by atoms with Crippen LogP contribution in [0.1, 0.15) is 37.7 Å². The normalized spacial score (nSPS) is 15.9. The third-order valence-corrected chi connectivity index (χ3v) is 5.84. The minimum absolute atomic E-state index is 0.159. The Balaban J connectivity index is 0.00000101. The lowest BCUT2D eigenvalue weighted by Crippen LogP contribution is -2.40. The molecule has 1 heterocycles. The zero-order chi connectivity index (χ0) is 21.9. The summed E-state index contributed by atoms with van der Waals surface area (Å²) >= 11 is 0. The smallest absolute Gasteiger partial charge is 0.427 e. The molecule has 2 aromatic rings. The van der Waals surface area contributed by atoms with Gasteiger partial charge in [-0.05, 0) is 61.6 Å². The minimum Gasteiger partial charge on any atom is -0.427 e. The van der Waals surface area contributed by atoms with Crippen molar-refractivity contribution in [2.75, 3.05) is 13.1 Å². The molecule has 1 aliphatic rings. The Labute approximate surface area is 177 Å². The van der Waals surface area contributed by atoms with E-state index in [0.29, 0.717) is 17.6 Å². The van der Waals surface area contributed by atoms with Gasteiger partial charge in [0.25, 0.3) is 0 Å². The fourth-order valence-electron chi connectivity index (χ4n) is 4.19. The number of likely N-dealkylation sites (tertiary alicyclic amines) is 1. The summed E-state index contributed by atoms with van der Waals surface area (Å²) in [5, 5.41) is 19.5. The van der Waals surface area contributed by atoms with Gasteiger partial charge in [-0.15, -0.1) is 0 Å². The van der Waals surface area contributed by atoms with E-state index in [4.69, 9.17) is 25.4 Å². The van der Waals surface area contributed by atoms with Crippen LogP contribution in [0.4, 0.5) is 4.39 Å². The van der Waals surface area contributed by atoms with Crippen LogP contribution in [0.15, 0.2) is 36.4 Å². The van der Waals surface area contributed by atoms with Crippen LogP contribution in [0.5, 0.6) is 0 Å². The molecule has 1 fully saturated rings. The number of piperidine rings is 1. The van der Waals surface area contributed by atoms with Crippen molar-refractivity contribution in [3.63, 3.8) is 0 Å². The monoisotopic (exact) mass is 416 g/mol. The Morgan fingerprint density at radius 1 is 1.10 bits per heavy atom. The fraction of sp³-hybridized carbons (Fsp3) is 0.500. The molecule has 3 rings (SSSR count). The van der Waals surface area contributed by atoms with Crippen molar-refractivity contribution in [2.24, 2.45) is 11.7 Å². The number of nitrogens with zero attached hydrogens (tertiary/aromatic N) is 1. The summed E-state index contributed by atoms with van der Waals surface area (Å²) in [7, 11) is -1.20. The van der Waals surface area contributed by atoms with Crippen LogP contribution < -0.4 is 5.73 Å². The van der Waals surface area contributed by atoms with E-state index in [1.807, 2.05) is 30.3 Å². The number of carbonyl (C=O) groups excluding carboxylic acids is 2. The van der Waals surface area contributed by atoms with Crippen molar-refractivity contribution in [3.8, 4) is 0 Å². The van der Waals surface area contributed by atoms with Crippen molar-refractivity contribution >= 4 is 24.0 Å². The minimum atomic E-state index is -1.20. The first-order valence-electron chi connectivity index (χ1n) is 10.5. The number of benzene rings is 2. The Morgan fingerprint density at radius 2 is 1.73 bits per heavy atom. The van der Waals surface area contributed by atoms with Gasteiger partial charge < -0.3 is 15.8 Å². The largest absolute Gasteiger partial charge is 0.451 e. The number of nitrogens with two attached hydrogens (primary N) is 1. The Bertz CT molecular complexity index is 822. The first kappa shape index (κ1) is 24.2. The summed E-state index contributed by atoms with van der Waals surface area (Å²) in [6.45, 7) is 2.87. The number of rotatable bonds is 8. The molecule has 0 saturated carbocycles. The van der Waals surface area contributed by atoms with Crippen molar-refractivity contribution in [2.45, 2.75) is 51.0 Å². The van der Waals surface area contributed by atoms with Gasteiger partial charge in [-0.25, -0.2) is 4.39 Å². The molecule has 4 N–H and O–H groups in total. The molecule has 1 aliphatic heterocycles. The molecule has 162 valence electrons. The molecule has 0 spiro atoms. The topological polar surface area (TPSA) is 104 Å². The molecular formula is C22H30BFN2O4. The van der Waals surface area contributed by atoms with Crippen molar-refractivity contribution in [1.29, 1.82) is 0 Å². The van der Waals surface area contributed by atoms with E-state index in [9.17, 15) is 4.39 Å². The summed E-state index contributed by atoms with van der Waals surface area (Å²) in [6.07, 6.45) is 5.55. The summed E-state index contributed by atoms with van der Waals surface area (Å²) < 4.78 is 14.0. The number of hydrogen-bond donors (Lipinski definition) is 3. The summed E-state index contributed by atoms with van der Waals surface area (Å²) in [6, 6.07) is 11.4. The Morgan fingerprint density at radius 3 is 2.37 bits per heavy atom. The van der Waals surface area contributed by atoms with E-state index in [1.165, 1.54) is 5.56 Å². The predicted molar refractivity (Wildman–Crippen MR) is 114 cm³/mol. The van der Waals surface area contributed by atoms with Crippen molar-refractivity contribution in [1.82, 2.24) is 4.90 Å². The molecule has 2 aromatic carbocycles. The van der Waals surface area contributed by atoms with Crippen LogP contribution in [-0.4, -0.2) is 47.3 Å². The van der Waals surface area contributed by atoms with E-state index in [1.54, 1.807) is 6.07 Å². The molecule has 30 heavy (non-hydrogen) atoms. The molecule has 6 nitrogen and oxygen atoms in total. The fourth-order valence-corrected chi connectivity index (χ4v) is 4.19. The molecule has 8 heteroatoms. The average Bonchev–Trinajstić information content (AvgIpc) is 2.74. The van der Waals surface area contributed by atoms with Crippen LogP contribution in [0.25, 0.3) is 10.8 Å². The van der Waals surface area contributed by atoms with Gasteiger partial charge >= 0.3 is 13.3 Å². The number of halogens is 1. The molecule has 0 aromatic heterocycles. The lowest BCUT2D eigenvalue weighted by atomic mass is 9.82. The molecule has 1 saturated heterocycles. The summed E-state index contributed by atoms with van der Waals surface area (Å²) in [5.74, 6) is 0.373.